The summed E-state index contributed by atoms with van der Waals surface area (Å²) in [6, 6.07) is 17.7. The first-order valence-electron chi connectivity index (χ1n) is 11.9. The second-order valence-electron chi connectivity index (χ2n) is 8.57. The zero-order chi connectivity index (χ0) is 27.9. The molecule has 0 atom stereocenters. The Bertz CT molecular complexity index is 1370. The molecular weight excluding hydrogens is 517 g/mol. The van der Waals surface area contributed by atoms with Crippen molar-refractivity contribution in [3.05, 3.63) is 101 Å². The number of alkyl halides is 3. The number of hydrogen-bond donors (Lipinski definition) is 1. The Morgan fingerprint density at radius 2 is 1.61 bits per heavy atom. The fraction of sp³-hybridized carbons (Fsp3) is 0.250. The van der Waals surface area contributed by atoms with Gasteiger partial charge in [0.25, 0.3) is 10.0 Å². The monoisotopic (exact) mass is 546 g/mol. The minimum atomic E-state index is -4.44. The maximum atomic E-state index is 13.5. The minimum Gasteiger partial charge on any atom is -0.394 e. The molecule has 10 heteroatoms. The lowest BCUT2D eigenvalue weighted by Gasteiger charge is -2.27. The fourth-order valence-corrected chi connectivity index (χ4v) is 5.28. The Morgan fingerprint density at radius 3 is 2.18 bits per heavy atom. The third-order valence-electron chi connectivity index (χ3n) is 5.92. The quantitative estimate of drug-likeness (QED) is 0.358. The van der Waals surface area contributed by atoms with Gasteiger partial charge < -0.3 is 10.0 Å². The summed E-state index contributed by atoms with van der Waals surface area (Å²) in [5.41, 5.74) is 1.50. The number of halogens is 3. The first-order chi connectivity index (χ1) is 18.0. The summed E-state index contributed by atoms with van der Waals surface area (Å²) in [7, 11) is -2.47. The maximum Gasteiger partial charge on any atom is 0.416 e. The van der Waals surface area contributed by atoms with Gasteiger partial charge in [0.1, 0.15) is 0 Å². The SMILES string of the molecule is CCc1ccc(S(=O)(=O)N(CCO)c2ccccc2CN(C)C(=O)/C=C/c2ccc(C(F)(F)F)cc2)cc1. The lowest BCUT2D eigenvalue weighted by Crippen LogP contribution is -2.35. The molecule has 0 aromatic heterocycles. The summed E-state index contributed by atoms with van der Waals surface area (Å²) in [5, 5.41) is 9.65. The molecule has 38 heavy (non-hydrogen) atoms. The summed E-state index contributed by atoms with van der Waals surface area (Å²) in [5.74, 6) is -0.425. The van der Waals surface area contributed by atoms with Crippen molar-refractivity contribution in [2.75, 3.05) is 24.5 Å². The van der Waals surface area contributed by atoms with E-state index in [2.05, 4.69) is 0 Å². The smallest absolute Gasteiger partial charge is 0.394 e. The highest BCUT2D eigenvalue weighted by molar-refractivity contribution is 7.92. The molecule has 0 aliphatic heterocycles. The molecule has 3 rings (SSSR count). The van der Waals surface area contributed by atoms with E-state index in [1.165, 1.54) is 48.4 Å². The number of aryl methyl sites for hydroxylation is 1. The van der Waals surface area contributed by atoms with E-state index >= 15 is 0 Å². The molecule has 0 radical (unpaired) electrons. The van der Waals surface area contributed by atoms with Crippen LogP contribution in [0.4, 0.5) is 18.9 Å². The molecule has 0 saturated carbocycles. The highest BCUT2D eigenvalue weighted by atomic mass is 32.2. The fourth-order valence-electron chi connectivity index (χ4n) is 3.78. The summed E-state index contributed by atoms with van der Waals surface area (Å²) >= 11 is 0. The van der Waals surface area contributed by atoms with Gasteiger partial charge in [-0.05, 0) is 59.5 Å². The van der Waals surface area contributed by atoms with Gasteiger partial charge in [0.15, 0.2) is 0 Å². The van der Waals surface area contributed by atoms with E-state index in [4.69, 9.17) is 0 Å². The molecule has 3 aromatic rings. The van der Waals surface area contributed by atoms with Crippen molar-refractivity contribution in [3.8, 4) is 0 Å². The van der Waals surface area contributed by atoms with Gasteiger partial charge in [-0.25, -0.2) is 8.42 Å². The molecule has 202 valence electrons. The summed E-state index contributed by atoms with van der Waals surface area (Å²) < 4.78 is 66.4. The number of amides is 1. The van der Waals surface area contributed by atoms with E-state index in [1.54, 1.807) is 36.4 Å². The zero-order valence-corrected chi connectivity index (χ0v) is 21.8. The topological polar surface area (TPSA) is 77.9 Å². The van der Waals surface area contributed by atoms with Crippen LogP contribution >= 0.6 is 0 Å². The number of nitrogens with zero attached hydrogens (tertiary/aromatic N) is 2. The van der Waals surface area contributed by atoms with Crippen LogP contribution in [0.1, 0.15) is 29.2 Å². The molecule has 1 amide bonds. The number of likely N-dealkylation sites (N-methyl/N-ethyl adjacent to an activating group) is 1. The number of rotatable bonds is 10. The molecule has 0 heterocycles. The van der Waals surface area contributed by atoms with Crippen molar-refractivity contribution in [1.29, 1.82) is 0 Å². The second kappa shape index (κ2) is 12.3. The van der Waals surface area contributed by atoms with Gasteiger partial charge in [-0.15, -0.1) is 0 Å². The number of benzene rings is 3. The van der Waals surface area contributed by atoms with E-state index in [-0.39, 0.29) is 18.0 Å². The Labute approximate surface area is 220 Å². The third kappa shape index (κ3) is 7.02. The number of carbonyl (C=O) groups excluding carboxylic acids is 1. The average Bonchev–Trinajstić information content (AvgIpc) is 2.90. The van der Waals surface area contributed by atoms with Crippen LogP contribution in [0.25, 0.3) is 6.08 Å². The molecule has 0 unspecified atom stereocenters. The van der Waals surface area contributed by atoms with Gasteiger partial charge in [-0.1, -0.05) is 49.4 Å². The number of sulfonamides is 1. The molecule has 0 bridgehead atoms. The van der Waals surface area contributed by atoms with Gasteiger partial charge >= 0.3 is 6.18 Å². The number of hydrogen-bond acceptors (Lipinski definition) is 4. The normalized spacial score (nSPS) is 12.1. The van der Waals surface area contributed by atoms with Crippen LogP contribution in [0.3, 0.4) is 0 Å². The number of aliphatic hydroxyl groups excluding tert-OH is 1. The van der Waals surface area contributed by atoms with E-state index in [0.717, 1.165) is 28.4 Å². The predicted molar refractivity (Wildman–Crippen MR) is 141 cm³/mol. The van der Waals surface area contributed by atoms with E-state index in [9.17, 15) is 31.5 Å². The molecule has 0 saturated heterocycles. The van der Waals surface area contributed by atoms with Crippen molar-refractivity contribution < 1.29 is 31.5 Å². The predicted octanol–water partition coefficient (Wildman–Crippen LogP) is 5.13. The zero-order valence-electron chi connectivity index (χ0n) is 21.0. The van der Waals surface area contributed by atoms with Crippen LogP contribution in [-0.4, -0.2) is 44.5 Å². The summed E-state index contributed by atoms with van der Waals surface area (Å²) in [6.45, 7) is 1.43. The van der Waals surface area contributed by atoms with Gasteiger partial charge in [0.05, 0.1) is 29.3 Å². The molecule has 0 aliphatic rings. The van der Waals surface area contributed by atoms with Crippen LogP contribution in [0.2, 0.25) is 0 Å². The first kappa shape index (κ1) is 28.9. The number of aliphatic hydroxyl groups is 1. The summed E-state index contributed by atoms with van der Waals surface area (Å²) in [4.78, 5) is 14.2. The molecule has 0 spiro atoms. The van der Waals surface area contributed by atoms with E-state index in [0.29, 0.717) is 16.8 Å². The Morgan fingerprint density at radius 1 is 0.974 bits per heavy atom. The Kier molecular flexibility index (Phi) is 9.35. The maximum absolute atomic E-state index is 13.5. The van der Waals surface area contributed by atoms with Crippen molar-refractivity contribution in [2.24, 2.45) is 0 Å². The van der Waals surface area contributed by atoms with Crippen LogP contribution < -0.4 is 4.31 Å². The number of carbonyl (C=O) groups is 1. The molecule has 3 aromatic carbocycles. The van der Waals surface area contributed by atoms with Crippen LogP contribution in [0.15, 0.2) is 83.8 Å². The van der Waals surface area contributed by atoms with Gasteiger partial charge in [-0.3, -0.25) is 9.10 Å². The van der Waals surface area contributed by atoms with Crippen LogP contribution in [0, 0.1) is 0 Å². The Balaban J connectivity index is 1.82. The van der Waals surface area contributed by atoms with Crippen molar-refractivity contribution in [1.82, 2.24) is 4.90 Å². The van der Waals surface area contributed by atoms with E-state index in [1.807, 2.05) is 6.92 Å². The van der Waals surface area contributed by atoms with E-state index < -0.39 is 34.3 Å². The number of para-hydroxylation sites is 1. The molecular formula is C28H29F3N2O4S. The summed E-state index contributed by atoms with van der Waals surface area (Å²) in [6.07, 6.45) is -1.03. The Hall–Kier alpha value is -3.63. The van der Waals surface area contributed by atoms with Crippen LogP contribution in [-0.2, 0) is 34.0 Å². The molecule has 1 N–H and O–H groups in total. The standard InChI is InChI=1S/C28H29F3N2O4S/c1-3-21-10-15-25(16-11-21)38(36,37)33(18-19-34)26-7-5-4-6-23(26)20-32(2)27(35)17-12-22-8-13-24(14-9-22)28(29,30)31/h4-17,34H,3,18-20H2,1-2H3/b17-12+. The van der Waals surface area contributed by atoms with Gasteiger partial charge in [0.2, 0.25) is 5.91 Å². The first-order valence-corrected chi connectivity index (χ1v) is 13.3. The minimum absolute atomic E-state index is 0.0541. The average molecular weight is 547 g/mol. The second-order valence-corrected chi connectivity index (χ2v) is 10.4. The van der Waals surface area contributed by atoms with Crippen molar-refractivity contribution in [2.45, 2.75) is 31.0 Å². The van der Waals surface area contributed by atoms with Crippen molar-refractivity contribution in [3.63, 3.8) is 0 Å². The third-order valence-corrected chi connectivity index (χ3v) is 7.75. The highest BCUT2D eigenvalue weighted by Crippen LogP contribution is 2.30. The lowest BCUT2D eigenvalue weighted by atomic mass is 10.1. The lowest BCUT2D eigenvalue weighted by molar-refractivity contribution is -0.137. The number of anilines is 1. The van der Waals surface area contributed by atoms with Crippen LogP contribution in [0.5, 0.6) is 0 Å². The van der Waals surface area contributed by atoms with Crippen molar-refractivity contribution >= 4 is 27.7 Å². The largest absolute Gasteiger partial charge is 0.416 e. The molecule has 6 nitrogen and oxygen atoms in total. The van der Waals surface area contributed by atoms with Gasteiger partial charge in [0, 0.05) is 19.7 Å². The molecule has 0 aliphatic carbocycles. The highest BCUT2D eigenvalue weighted by Gasteiger charge is 2.30. The molecule has 0 fully saturated rings. The van der Waals surface area contributed by atoms with Gasteiger partial charge in [-0.2, -0.15) is 13.2 Å².